The van der Waals surface area contributed by atoms with Crippen molar-refractivity contribution in [1.29, 1.82) is 5.26 Å². The first-order valence-electron chi connectivity index (χ1n) is 6.79. The molecule has 1 aromatic rings. The molecule has 0 aromatic heterocycles. The van der Waals surface area contributed by atoms with E-state index in [-0.39, 0.29) is 6.04 Å². The molecular weight excluding hydrogens is 264 g/mol. The van der Waals surface area contributed by atoms with Gasteiger partial charge in [0, 0.05) is 11.6 Å². The van der Waals surface area contributed by atoms with E-state index in [0.717, 1.165) is 28.2 Å². The van der Waals surface area contributed by atoms with Crippen LogP contribution in [0.5, 0.6) is 0 Å². The van der Waals surface area contributed by atoms with E-state index in [1.54, 1.807) is 11.8 Å². The highest BCUT2D eigenvalue weighted by molar-refractivity contribution is 8.17. The Morgan fingerprint density at radius 3 is 2.80 bits per heavy atom. The number of aliphatic imine (C=N–C) groups is 1. The summed E-state index contributed by atoms with van der Waals surface area (Å²) in [6.45, 7) is 6.26. The van der Waals surface area contributed by atoms with Crippen molar-refractivity contribution in [2.24, 2.45) is 4.99 Å². The summed E-state index contributed by atoms with van der Waals surface area (Å²) in [5, 5.41) is 12.5. The molecule has 0 bridgehead atoms. The van der Waals surface area contributed by atoms with Gasteiger partial charge in [-0.1, -0.05) is 43.0 Å². The molecule has 2 rings (SSSR count). The van der Waals surface area contributed by atoms with E-state index in [4.69, 9.17) is 4.99 Å². The Labute approximate surface area is 124 Å². The zero-order valence-electron chi connectivity index (χ0n) is 12.1. The van der Waals surface area contributed by atoms with Gasteiger partial charge in [-0.15, -0.1) is 0 Å². The van der Waals surface area contributed by atoms with Gasteiger partial charge in [0.2, 0.25) is 0 Å². The number of aryl methyl sites for hydroxylation is 1. The number of hydrogen-bond acceptors (Lipinski definition) is 3. The Kier molecular flexibility index (Phi) is 4.81. The van der Waals surface area contributed by atoms with E-state index in [2.05, 4.69) is 19.9 Å². The maximum absolute atomic E-state index is 9.57. The van der Waals surface area contributed by atoms with Crippen molar-refractivity contribution in [2.75, 3.05) is 0 Å². The molecule has 1 aliphatic heterocycles. The minimum atomic E-state index is 0.282. The topological polar surface area (TPSA) is 36.1 Å². The molecule has 0 amide bonds. The monoisotopic (exact) mass is 282 g/mol. The Balaban J connectivity index is 2.53. The molecule has 1 aliphatic rings. The third-order valence-corrected chi connectivity index (χ3v) is 4.19. The van der Waals surface area contributed by atoms with E-state index in [1.165, 1.54) is 0 Å². The minimum absolute atomic E-state index is 0.282. The number of nitrogens with zero attached hydrogens (tertiary/aromatic N) is 2. The fourth-order valence-corrected chi connectivity index (χ4v) is 2.87. The van der Waals surface area contributed by atoms with Gasteiger partial charge in [-0.25, -0.2) is 0 Å². The van der Waals surface area contributed by atoms with Crippen LogP contribution in [0, 0.1) is 18.3 Å². The van der Waals surface area contributed by atoms with Crippen molar-refractivity contribution in [3.63, 3.8) is 0 Å². The molecular formula is C17H18N2S. The first-order valence-corrected chi connectivity index (χ1v) is 7.67. The molecule has 0 saturated carbocycles. The molecule has 0 spiro atoms. The van der Waals surface area contributed by atoms with Crippen LogP contribution in [0.25, 0.3) is 5.57 Å². The van der Waals surface area contributed by atoms with E-state index < -0.39 is 0 Å². The summed E-state index contributed by atoms with van der Waals surface area (Å²) in [6.07, 6.45) is 3.00. The fourth-order valence-electron chi connectivity index (χ4n) is 2.00. The minimum Gasteiger partial charge on any atom is -0.274 e. The molecule has 3 heteroatoms. The maximum atomic E-state index is 9.57. The molecule has 102 valence electrons. The molecule has 1 unspecified atom stereocenters. The van der Waals surface area contributed by atoms with Crippen LogP contribution in [0.4, 0.5) is 0 Å². The number of benzene rings is 1. The van der Waals surface area contributed by atoms with Crippen LogP contribution in [-0.4, -0.2) is 11.1 Å². The molecule has 20 heavy (non-hydrogen) atoms. The molecule has 0 aliphatic carbocycles. The van der Waals surface area contributed by atoms with Gasteiger partial charge < -0.3 is 0 Å². The van der Waals surface area contributed by atoms with Crippen molar-refractivity contribution >= 4 is 22.4 Å². The van der Waals surface area contributed by atoms with E-state index in [9.17, 15) is 5.26 Å². The lowest BCUT2D eigenvalue weighted by Crippen LogP contribution is -2.03. The van der Waals surface area contributed by atoms with E-state index >= 15 is 0 Å². The van der Waals surface area contributed by atoms with E-state index in [1.807, 2.05) is 42.7 Å². The highest BCUT2D eigenvalue weighted by Gasteiger charge is 2.18. The molecule has 0 radical (unpaired) electrons. The zero-order chi connectivity index (χ0) is 14.5. The van der Waals surface area contributed by atoms with Crippen LogP contribution < -0.4 is 0 Å². The predicted octanol–water partition coefficient (Wildman–Crippen LogP) is 4.73. The second-order valence-electron chi connectivity index (χ2n) is 4.83. The van der Waals surface area contributed by atoms with Crippen LogP contribution >= 0.6 is 11.8 Å². The SMILES string of the molecule is CCC(C)N=C1SC=C/C1=C(/C#N)c1ccccc1C. The summed E-state index contributed by atoms with van der Waals surface area (Å²) in [4.78, 5) is 4.71. The van der Waals surface area contributed by atoms with Crippen molar-refractivity contribution in [1.82, 2.24) is 0 Å². The van der Waals surface area contributed by atoms with Gasteiger partial charge in [0.15, 0.2) is 0 Å². The van der Waals surface area contributed by atoms with Gasteiger partial charge in [0.05, 0.1) is 5.57 Å². The summed E-state index contributed by atoms with van der Waals surface area (Å²) in [7, 11) is 0. The van der Waals surface area contributed by atoms with Crippen LogP contribution in [0.2, 0.25) is 0 Å². The predicted molar refractivity (Wildman–Crippen MR) is 87.6 cm³/mol. The normalized spacial score (nSPS) is 20.0. The first kappa shape index (κ1) is 14.6. The third-order valence-electron chi connectivity index (χ3n) is 3.37. The third kappa shape index (κ3) is 3.02. The standard InChI is InChI=1S/C17H18N2S/c1-4-13(3)19-17-15(9-10-20-17)16(11-18)14-8-6-5-7-12(14)2/h5-10,13H,4H2,1-3H3/b16-15+,19-17?. The molecule has 0 saturated heterocycles. The first-order chi connectivity index (χ1) is 9.67. The lowest BCUT2D eigenvalue weighted by atomic mass is 9.97. The smallest absolute Gasteiger partial charge is 0.104 e. The number of allylic oxidation sites excluding steroid dienone is 2. The molecule has 2 nitrogen and oxygen atoms in total. The Hall–Kier alpha value is -1.79. The van der Waals surface area contributed by atoms with Crippen LogP contribution in [-0.2, 0) is 0 Å². The summed E-state index contributed by atoms with van der Waals surface area (Å²) in [6, 6.07) is 10.6. The summed E-state index contributed by atoms with van der Waals surface area (Å²) in [5.74, 6) is 0. The average Bonchev–Trinajstić information content (AvgIpc) is 2.90. The quantitative estimate of drug-likeness (QED) is 0.751. The van der Waals surface area contributed by atoms with Gasteiger partial charge in [0.25, 0.3) is 0 Å². The van der Waals surface area contributed by atoms with Gasteiger partial charge >= 0.3 is 0 Å². The zero-order valence-corrected chi connectivity index (χ0v) is 12.9. The molecule has 0 N–H and O–H groups in total. The highest BCUT2D eigenvalue weighted by Crippen LogP contribution is 2.32. The second-order valence-corrected chi connectivity index (χ2v) is 5.72. The highest BCUT2D eigenvalue weighted by atomic mass is 32.2. The number of nitriles is 1. The van der Waals surface area contributed by atoms with Gasteiger partial charge in [0.1, 0.15) is 11.1 Å². The van der Waals surface area contributed by atoms with Gasteiger partial charge in [-0.3, -0.25) is 4.99 Å². The second kappa shape index (κ2) is 6.58. The fraction of sp³-hybridized carbons (Fsp3) is 0.294. The van der Waals surface area contributed by atoms with Crippen molar-refractivity contribution in [3.05, 3.63) is 52.4 Å². The van der Waals surface area contributed by atoms with Crippen LogP contribution in [0.15, 0.2) is 46.3 Å². The maximum Gasteiger partial charge on any atom is 0.104 e. The summed E-state index contributed by atoms with van der Waals surface area (Å²) in [5.41, 5.74) is 3.78. The molecule has 1 aromatic carbocycles. The van der Waals surface area contributed by atoms with E-state index in [0.29, 0.717) is 5.57 Å². The summed E-state index contributed by atoms with van der Waals surface area (Å²) >= 11 is 1.60. The average molecular weight is 282 g/mol. The van der Waals surface area contributed by atoms with Crippen molar-refractivity contribution < 1.29 is 0 Å². The number of rotatable bonds is 3. The van der Waals surface area contributed by atoms with Gasteiger partial charge in [-0.2, -0.15) is 5.26 Å². The summed E-state index contributed by atoms with van der Waals surface area (Å²) < 4.78 is 0. The molecule has 1 heterocycles. The lowest BCUT2D eigenvalue weighted by molar-refractivity contribution is 0.719. The molecule has 0 fully saturated rings. The largest absolute Gasteiger partial charge is 0.274 e. The Morgan fingerprint density at radius 1 is 1.40 bits per heavy atom. The Bertz CT molecular complexity index is 633. The lowest BCUT2D eigenvalue weighted by Gasteiger charge is -2.09. The van der Waals surface area contributed by atoms with Crippen LogP contribution in [0.3, 0.4) is 0 Å². The van der Waals surface area contributed by atoms with Crippen molar-refractivity contribution in [3.8, 4) is 6.07 Å². The van der Waals surface area contributed by atoms with Crippen LogP contribution in [0.1, 0.15) is 31.4 Å². The molecule has 1 atom stereocenters. The number of thioether (sulfide) groups is 1. The Morgan fingerprint density at radius 2 is 2.15 bits per heavy atom. The van der Waals surface area contributed by atoms with Crippen molar-refractivity contribution in [2.45, 2.75) is 33.2 Å². The number of hydrogen-bond donors (Lipinski definition) is 0. The van der Waals surface area contributed by atoms with Gasteiger partial charge in [-0.05, 0) is 42.9 Å².